The molecule has 8 heteroatoms. The lowest BCUT2D eigenvalue weighted by Gasteiger charge is -2.35. The summed E-state index contributed by atoms with van der Waals surface area (Å²) in [4.78, 5) is 15.5. The van der Waals surface area contributed by atoms with E-state index >= 15 is 0 Å². The highest BCUT2D eigenvalue weighted by Gasteiger charge is 2.35. The van der Waals surface area contributed by atoms with Crippen molar-refractivity contribution in [3.05, 3.63) is 65.2 Å². The first-order valence-electron chi connectivity index (χ1n) is 12.0. The molecule has 1 aliphatic rings. The molecule has 2 unspecified atom stereocenters. The van der Waals surface area contributed by atoms with E-state index in [0.717, 1.165) is 29.0 Å². The van der Waals surface area contributed by atoms with Crippen LogP contribution in [0.5, 0.6) is 5.75 Å². The van der Waals surface area contributed by atoms with Gasteiger partial charge in [-0.25, -0.2) is 8.93 Å². The third-order valence-corrected chi connectivity index (χ3v) is 7.36. The fourth-order valence-electron chi connectivity index (χ4n) is 4.42. The van der Waals surface area contributed by atoms with Gasteiger partial charge in [-0.2, -0.15) is 4.31 Å². The van der Waals surface area contributed by atoms with Crippen LogP contribution in [-0.4, -0.2) is 57.6 Å². The van der Waals surface area contributed by atoms with Gasteiger partial charge in [-0.15, -0.1) is 0 Å². The van der Waals surface area contributed by atoms with Gasteiger partial charge in [0.05, 0.1) is 0 Å². The van der Waals surface area contributed by atoms with E-state index in [-0.39, 0.29) is 5.91 Å². The van der Waals surface area contributed by atoms with Crippen LogP contribution in [-0.2, 0) is 35.5 Å². The molecule has 2 N–H and O–H groups in total. The predicted molar refractivity (Wildman–Crippen MR) is 137 cm³/mol. The number of benzene rings is 2. The minimum atomic E-state index is -1.45. The molecule has 3 rings (SSSR count). The van der Waals surface area contributed by atoms with Crippen LogP contribution in [0.1, 0.15) is 44.4 Å². The highest BCUT2D eigenvalue weighted by molar-refractivity contribution is 7.80. The number of rotatable bonds is 11. The molecular weight excluding hydrogens is 448 g/mol. The monoisotopic (exact) mass is 486 g/mol. The molecule has 1 amide bonds. The molecular formula is C26H38N4O3S. The van der Waals surface area contributed by atoms with Gasteiger partial charge in [-0.05, 0) is 70.0 Å². The van der Waals surface area contributed by atoms with Crippen molar-refractivity contribution in [1.82, 2.24) is 19.2 Å². The van der Waals surface area contributed by atoms with Crippen molar-refractivity contribution >= 4 is 17.1 Å². The molecule has 0 aromatic heterocycles. The molecule has 0 saturated heterocycles. The first-order chi connectivity index (χ1) is 16.3. The van der Waals surface area contributed by atoms with Crippen LogP contribution in [0.25, 0.3) is 0 Å². The van der Waals surface area contributed by atoms with Gasteiger partial charge in [0.1, 0.15) is 18.4 Å². The van der Waals surface area contributed by atoms with Crippen molar-refractivity contribution in [1.29, 1.82) is 0 Å². The fourth-order valence-corrected chi connectivity index (χ4v) is 5.31. The second kappa shape index (κ2) is 12.4. The lowest BCUT2D eigenvalue weighted by molar-refractivity contribution is -0.125. The third-order valence-electron chi connectivity index (χ3n) is 6.20. The highest BCUT2D eigenvalue weighted by Crippen LogP contribution is 2.28. The Morgan fingerprint density at radius 2 is 1.82 bits per heavy atom. The van der Waals surface area contributed by atoms with Gasteiger partial charge in [0, 0.05) is 31.7 Å². The summed E-state index contributed by atoms with van der Waals surface area (Å²) in [6.45, 7) is 10.9. The van der Waals surface area contributed by atoms with Crippen LogP contribution in [0.15, 0.2) is 48.5 Å². The summed E-state index contributed by atoms with van der Waals surface area (Å²) < 4.78 is 23.2. The van der Waals surface area contributed by atoms with Gasteiger partial charge in [0.2, 0.25) is 5.91 Å². The number of carbonyl (C=O) groups excluding carboxylic acids is 1. The molecule has 2 aromatic carbocycles. The molecule has 0 radical (unpaired) electrons. The van der Waals surface area contributed by atoms with Crippen LogP contribution in [0.4, 0.5) is 0 Å². The molecule has 0 fully saturated rings. The zero-order valence-corrected chi connectivity index (χ0v) is 21.7. The summed E-state index contributed by atoms with van der Waals surface area (Å²) in [6, 6.07) is 16.3. The number of carbonyl (C=O) groups is 1. The van der Waals surface area contributed by atoms with Crippen LogP contribution in [0, 0.1) is 0 Å². The number of nitrogens with zero attached hydrogens (tertiary/aromatic N) is 2. The van der Waals surface area contributed by atoms with Gasteiger partial charge in [-0.3, -0.25) is 9.69 Å². The quantitative estimate of drug-likeness (QED) is 0.512. The largest absolute Gasteiger partial charge is 0.489 e. The Labute approximate surface area is 206 Å². The van der Waals surface area contributed by atoms with E-state index in [1.807, 2.05) is 48.5 Å². The van der Waals surface area contributed by atoms with Gasteiger partial charge in [0.15, 0.2) is 11.2 Å². The summed E-state index contributed by atoms with van der Waals surface area (Å²) in [7, 11) is 1.64. The zero-order chi connectivity index (χ0) is 24.7. The Hall–Kier alpha value is -2.26. The lowest BCUT2D eigenvalue weighted by atomic mass is 9.95. The fraction of sp³-hybridized carbons (Fsp3) is 0.500. The second-order valence-corrected chi connectivity index (χ2v) is 10.5. The first-order valence-corrected chi connectivity index (χ1v) is 13.1. The summed E-state index contributed by atoms with van der Waals surface area (Å²) in [5.74, 6) is 0.673. The predicted octanol–water partition coefficient (Wildman–Crippen LogP) is 3.03. The van der Waals surface area contributed by atoms with E-state index in [1.165, 1.54) is 0 Å². The van der Waals surface area contributed by atoms with Gasteiger partial charge in [0.25, 0.3) is 0 Å². The third kappa shape index (κ3) is 6.88. The molecule has 34 heavy (non-hydrogen) atoms. The molecule has 0 saturated carbocycles. The van der Waals surface area contributed by atoms with Crippen LogP contribution in [0.2, 0.25) is 0 Å². The Balaban J connectivity index is 1.69. The Kier molecular flexibility index (Phi) is 9.64. The topological polar surface area (TPSA) is 73.9 Å². The van der Waals surface area contributed by atoms with Crippen molar-refractivity contribution in [3.8, 4) is 5.75 Å². The Bertz CT molecular complexity index is 960. The SMILES string of the molecule is CNS(=O)N1Cc2ccc(OCc3ccccc3)cc2CC1C(=O)NCCN(C(C)C)C(C)C. The minimum Gasteiger partial charge on any atom is -0.489 e. The van der Waals surface area contributed by atoms with Crippen molar-refractivity contribution in [3.63, 3.8) is 0 Å². The van der Waals surface area contributed by atoms with Gasteiger partial charge in [-0.1, -0.05) is 36.4 Å². The number of hydrogen-bond acceptors (Lipinski definition) is 4. The number of ether oxygens (including phenoxy) is 1. The molecule has 1 heterocycles. The molecule has 2 aromatic rings. The maximum absolute atomic E-state index is 13.2. The number of amides is 1. The summed E-state index contributed by atoms with van der Waals surface area (Å²) in [5.41, 5.74) is 3.22. The van der Waals surface area contributed by atoms with Crippen molar-refractivity contribution in [2.24, 2.45) is 0 Å². The molecule has 2 atom stereocenters. The van der Waals surface area contributed by atoms with Crippen LogP contribution in [0.3, 0.4) is 0 Å². The first kappa shape index (κ1) is 26.3. The van der Waals surface area contributed by atoms with E-state index in [0.29, 0.717) is 38.2 Å². The van der Waals surface area contributed by atoms with Crippen LogP contribution >= 0.6 is 0 Å². The summed E-state index contributed by atoms with van der Waals surface area (Å²) in [6.07, 6.45) is 0.481. The lowest BCUT2D eigenvalue weighted by Crippen LogP contribution is -2.53. The van der Waals surface area contributed by atoms with E-state index in [4.69, 9.17) is 4.74 Å². The summed E-state index contributed by atoms with van der Waals surface area (Å²) >= 11 is -1.45. The number of fused-ring (bicyclic) bond motifs is 1. The van der Waals surface area contributed by atoms with E-state index in [9.17, 15) is 9.00 Å². The Morgan fingerprint density at radius 1 is 1.12 bits per heavy atom. The molecule has 0 spiro atoms. The number of nitrogens with one attached hydrogen (secondary N) is 2. The molecule has 0 aliphatic carbocycles. The maximum atomic E-state index is 13.2. The smallest absolute Gasteiger partial charge is 0.238 e. The average Bonchev–Trinajstić information content (AvgIpc) is 2.83. The standard InChI is InChI=1S/C26H38N4O3S/c1-19(2)29(20(3)4)14-13-28-26(31)25-16-23-15-24(33-18-21-9-7-6-8-10-21)12-11-22(23)17-30(25)34(32)27-5/h6-12,15,19-20,25,27H,13-14,16-18H2,1-5H3,(H,28,31). The average molecular weight is 487 g/mol. The van der Waals surface area contributed by atoms with Crippen molar-refractivity contribution < 1.29 is 13.7 Å². The van der Waals surface area contributed by atoms with Crippen molar-refractivity contribution in [2.75, 3.05) is 20.1 Å². The second-order valence-electron chi connectivity index (χ2n) is 9.17. The molecule has 1 aliphatic heterocycles. The van der Waals surface area contributed by atoms with Gasteiger partial charge >= 0.3 is 0 Å². The molecule has 186 valence electrons. The zero-order valence-electron chi connectivity index (χ0n) is 20.9. The van der Waals surface area contributed by atoms with E-state index in [1.54, 1.807) is 11.4 Å². The summed E-state index contributed by atoms with van der Waals surface area (Å²) in [5, 5.41) is 3.08. The normalized spacial score (nSPS) is 17.1. The van der Waals surface area contributed by atoms with Gasteiger partial charge < -0.3 is 10.1 Å². The van der Waals surface area contributed by atoms with E-state index < -0.39 is 17.2 Å². The highest BCUT2D eigenvalue weighted by atomic mass is 32.2. The van der Waals surface area contributed by atoms with Crippen LogP contribution < -0.4 is 14.8 Å². The van der Waals surface area contributed by atoms with E-state index in [2.05, 4.69) is 42.6 Å². The minimum absolute atomic E-state index is 0.0997. The maximum Gasteiger partial charge on any atom is 0.238 e. The molecule has 0 bridgehead atoms. The number of hydrogen-bond donors (Lipinski definition) is 2. The molecule has 7 nitrogen and oxygen atoms in total. The van der Waals surface area contributed by atoms with Crippen molar-refractivity contribution in [2.45, 2.75) is 65.4 Å². The Morgan fingerprint density at radius 3 is 2.47 bits per heavy atom.